The molecule has 0 fully saturated rings. The Morgan fingerprint density at radius 2 is 2.00 bits per heavy atom. The van der Waals surface area contributed by atoms with Crippen molar-refractivity contribution < 1.29 is 19.7 Å². The molecule has 0 saturated heterocycles. The van der Waals surface area contributed by atoms with Gasteiger partial charge in [0, 0.05) is 0 Å². The third kappa shape index (κ3) is 2.16. The number of para-hydroxylation sites is 1. The molecular formula is C10H12O4. The smallest absolute Gasteiger partial charge is 0.313 e. The number of aromatic hydroxyl groups is 2. The molecule has 0 bridgehead atoms. The zero-order valence-corrected chi connectivity index (χ0v) is 8.02. The summed E-state index contributed by atoms with van der Waals surface area (Å²) in [6.45, 7) is 3.37. The minimum atomic E-state index is -0.453. The Bertz CT molecular complexity index is 344. The molecule has 0 unspecified atom stereocenters. The van der Waals surface area contributed by atoms with Gasteiger partial charge >= 0.3 is 5.97 Å². The van der Waals surface area contributed by atoms with Crippen molar-refractivity contribution in [2.45, 2.75) is 13.8 Å². The highest BCUT2D eigenvalue weighted by Crippen LogP contribution is 2.34. The SMILES string of the molecule is CC(C)C(=O)Oc1cccc(O)c1O. The van der Waals surface area contributed by atoms with E-state index < -0.39 is 11.7 Å². The average Bonchev–Trinajstić information content (AvgIpc) is 2.12. The van der Waals surface area contributed by atoms with E-state index in [1.54, 1.807) is 13.8 Å². The van der Waals surface area contributed by atoms with E-state index in [1.807, 2.05) is 0 Å². The van der Waals surface area contributed by atoms with Crippen LogP contribution < -0.4 is 4.74 Å². The van der Waals surface area contributed by atoms with E-state index in [0.717, 1.165) is 0 Å². The zero-order valence-electron chi connectivity index (χ0n) is 8.02. The summed E-state index contributed by atoms with van der Waals surface area (Å²) in [5, 5.41) is 18.4. The van der Waals surface area contributed by atoms with Crippen LogP contribution in [0.2, 0.25) is 0 Å². The van der Waals surface area contributed by atoms with Gasteiger partial charge in [-0.05, 0) is 12.1 Å². The lowest BCUT2D eigenvalue weighted by Crippen LogP contribution is -2.14. The van der Waals surface area contributed by atoms with Gasteiger partial charge in [0.1, 0.15) is 0 Å². The molecule has 0 atom stereocenters. The van der Waals surface area contributed by atoms with Crippen LogP contribution in [0.15, 0.2) is 18.2 Å². The van der Waals surface area contributed by atoms with Gasteiger partial charge in [-0.1, -0.05) is 19.9 Å². The number of hydrogen-bond acceptors (Lipinski definition) is 4. The van der Waals surface area contributed by atoms with E-state index in [4.69, 9.17) is 9.84 Å². The summed E-state index contributed by atoms with van der Waals surface area (Å²) in [5.41, 5.74) is 0. The standard InChI is InChI=1S/C10H12O4/c1-6(2)10(13)14-8-5-3-4-7(11)9(8)12/h3-6,11-12H,1-2H3. The fraction of sp³-hybridized carbons (Fsp3) is 0.300. The summed E-state index contributed by atoms with van der Waals surface area (Å²) in [7, 11) is 0. The second kappa shape index (κ2) is 4.00. The normalized spacial score (nSPS) is 10.2. The first-order valence-electron chi connectivity index (χ1n) is 4.25. The lowest BCUT2D eigenvalue weighted by Gasteiger charge is -2.08. The molecular weight excluding hydrogens is 184 g/mol. The van der Waals surface area contributed by atoms with Gasteiger partial charge < -0.3 is 14.9 Å². The first kappa shape index (κ1) is 10.4. The monoisotopic (exact) mass is 196 g/mol. The molecule has 4 heteroatoms. The van der Waals surface area contributed by atoms with Crippen LogP contribution in [-0.2, 0) is 4.79 Å². The molecule has 14 heavy (non-hydrogen) atoms. The molecule has 0 heterocycles. The van der Waals surface area contributed by atoms with Crippen molar-refractivity contribution in [3.63, 3.8) is 0 Å². The molecule has 1 aromatic carbocycles. The molecule has 0 aromatic heterocycles. The quantitative estimate of drug-likeness (QED) is 0.429. The second-order valence-electron chi connectivity index (χ2n) is 3.20. The van der Waals surface area contributed by atoms with Crippen LogP contribution in [0.3, 0.4) is 0 Å². The Kier molecular flexibility index (Phi) is 2.96. The van der Waals surface area contributed by atoms with Crippen molar-refractivity contribution in [3.8, 4) is 17.2 Å². The van der Waals surface area contributed by atoms with Gasteiger partial charge in [-0.25, -0.2) is 0 Å². The second-order valence-corrected chi connectivity index (χ2v) is 3.20. The van der Waals surface area contributed by atoms with Crippen molar-refractivity contribution in [3.05, 3.63) is 18.2 Å². The summed E-state index contributed by atoms with van der Waals surface area (Å²) < 4.78 is 4.84. The number of carbonyl (C=O) groups is 1. The number of phenols is 2. The fourth-order valence-electron chi connectivity index (χ4n) is 0.819. The van der Waals surface area contributed by atoms with Gasteiger partial charge in [-0.15, -0.1) is 0 Å². The first-order chi connectivity index (χ1) is 6.52. The number of carbonyl (C=O) groups excluding carboxylic acids is 1. The molecule has 0 amide bonds. The molecule has 0 aliphatic rings. The lowest BCUT2D eigenvalue weighted by molar-refractivity contribution is -0.137. The Balaban J connectivity index is 2.87. The Labute approximate surface area is 81.8 Å². The molecule has 0 radical (unpaired) electrons. The molecule has 4 nitrogen and oxygen atoms in total. The zero-order chi connectivity index (χ0) is 10.7. The number of rotatable bonds is 2. The van der Waals surface area contributed by atoms with Crippen molar-refractivity contribution >= 4 is 5.97 Å². The molecule has 1 aromatic rings. The van der Waals surface area contributed by atoms with E-state index in [1.165, 1.54) is 18.2 Å². The molecule has 2 N–H and O–H groups in total. The largest absolute Gasteiger partial charge is 0.504 e. The summed E-state index contributed by atoms with van der Waals surface area (Å²) >= 11 is 0. The highest BCUT2D eigenvalue weighted by molar-refractivity contribution is 5.75. The summed E-state index contributed by atoms with van der Waals surface area (Å²) in [4.78, 5) is 11.2. The van der Waals surface area contributed by atoms with Crippen LogP contribution in [0.1, 0.15) is 13.8 Å². The first-order valence-corrected chi connectivity index (χ1v) is 4.25. The maximum Gasteiger partial charge on any atom is 0.313 e. The van der Waals surface area contributed by atoms with Crippen LogP contribution >= 0.6 is 0 Å². The van der Waals surface area contributed by atoms with Crippen LogP contribution in [0.5, 0.6) is 17.2 Å². The van der Waals surface area contributed by atoms with E-state index in [0.29, 0.717) is 0 Å². The van der Waals surface area contributed by atoms with Crippen molar-refractivity contribution in [2.24, 2.45) is 5.92 Å². The molecule has 0 saturated carbocycles. The number of benzene rings is 1. The minimum absolute atomic E-state index is 0.0244. The van der Waals surface area contributed by atoms with Crippen molar-refractivity contribution in [2.75, 3.05) is 0 Å². The number of ether oxygens (including phenoxy) is 1. The summed E-state index contributed by atoms with van der Waals surface area (Å²) in [6.07, 6.45) is 0. The molecule has 1 rings (SSSR count). The predicted molar refractivity (Wildman–Crippen MR) is 50.2 cm³/mol. The molecule has 0 aliphatic carbocycles. The van der Waals surface area contributed by atoms with Gasteiger partial charge in [-0.2, -0.15) is 0 Å². The van der Waals surface area contributed by atoms with Crippen LogP contribution in [0.25, 0.3) is 0 Å². The number of esters is 1. The molecule has 0 aliphatic heterocycles. The predicted octanol–water partition coefficient (Wildman–Crippen LogP) is 1.66. The number of hydrogen-bond donors (Lipinski definition) is 2. The molecule has 0 spiro atoms. The Morgan fingerprint density at radius 3 is 2.57 bits per heavy atom. The van der Waals surface area contributed by atoms with Gasteiger partial charge in [0.2, 0.25) is 5.75 Å². The van der Waals surface area contributed by atoms with Crippen molar-refractivity contribution in [1.29, 1.82) is 0 Å². The Morgan fingerprint density at radius 1 is 1.36 bits per heavy atom. The third-order valence-corrected chi connectivity index (χ3v) is 1.66. The van der Waals surface area contributed by atoms with Crippen molar-refractivity contribution in [1.82, 2.24) is 0 Å². The lowest BCUT2D eigenvalue weighted by atomic mass is 10.2. The summed E-state index contributed by atoms with van der Waals surface area (Å²) in [6, 6.07) is 4.20. The van der Waals surface area contributed by atoms with Gasteiger partial charge in [0.25, 0.3) is 0 Å². The minimum Gasteiger partial charge on any atom is -0.504 e. The van der Waals surface area contributed by atoms with Crippen LogP contribution in [0, 0.1) is 5.92 Å². The third-order valence-electron chi connectivity index (χ3n) is 1.66. The van der Waals surface area contributed by atoms with Gasteiger partial charge in [0.15, 0.2) is 11.5 Å². The summed E-state index contributed by atoms with van der Waals surface area (Å²) in [5.74, 6) is -1.48. The van der Waals surface area contributed by atoms with Crippen LogP contribution in [0.4, 0.5) is 0 Å². The maximum absolute atomic E-state index is 11.2. The molecule has 76 valence electrons. The maximum atomic E-state index is 11.2. The topological polar surface area (TPSA) is 66.8 Å². The van der Waals surface area contributed by atoms with Gasteiger partial charge in [0.05, 0.1) is 5.92 Å². The fourth-order valence-corrected chi connectivity index (χ4v) is 0.819. The van der Waals surface area contributed by atoms with E-state index in [9.17, 15) is 9.90 Å². The van der Waals surface area contributed by atoms with Gasteiger partial charge in [-0.3, -0.25) is 4.79 Å². The Hall–Kier alpha value is -1.71. The van der Waals surface area contributed by atoms with E-state index >= 15 is 0 Å². The van der Waals surface area contributed by atoms with E-state index in [-0.39, 0.29) is 17.4 Å². The van der Waals surface area contributed by atoms with E-state index in [2.05, 4.69) is 0 Å². The van der Waals surface area contributed by atoms with Crippen LogP contribution in [-0.4, -0.2) is 16.2 Å². The highest BCUT2D eigenvalue weighted by atomic mass is 16.5. The number of phenolic OH excluding ortho intramolecular Hbond substituents is 2. The highest BCUT2D eigenvalue weighted by Gasteiger charge is 2.14. The average molecular weight is 196 g/mol.